The fourth-order valence-electron chi connectivity index (χ4n) is 2.67. The first-order valence-electron chi connectivity index (χ1n) is 7.43. The summed E-state index contributed by atoms with van der Waals surface area (Å²) in [5.41, 5.74) is 0. The molecule has 1 rings (SSSR count). The van der Waals surface area contributed by atoms with Gasteiger partial charge in [-0.05, 0) is 45.8 Å². The van der Waals surface area contributed by atoms with Crippen molar-refractivity contribution in [2.45, 2.75) is 51.5 Å². The Morgan fingerprint density at radius 2 is 2.00 bits per heavy atom. The molecule has 1 aliphatic rings. The van der Waals surface area contributed by atoms with Gasteiger partial charge in [0.05, 0.1) is 0 Å². The van der Waals surface area contributed by atoms with Gasteiger partial charge in [0.1, 0.15) is 0 Å². The van der Waals surface area contributed by atoms with Gasteiger partial charge in [-0.25, -0.2) is 0 Å². The fraction of sp³-hybridized carbons (Fsp3) is 0.929. The lowest BCUT2D eigenvalue weighted by Gasteiger charge is -2.35. The highest BCUT2D eigenvalue weighted by Gasteiger charge is 2.19. The molecule has 4 nitrogen and oxygen atoms in total. The Bertz CT molecular complexity index is 242. The largest absolute Gasteiger partial charge is 0.355 e. The van der Waals surface area contributed by atoms with E-state index >= 15 is 0 Å². The van der Waals surface area contributed by atoms with Gasteiger partial charge in [-0.15, -0.1) is 24.8 Å². The predicted molar refractivity (Wildman–Crippen MR) is 90.2 cm³/mol. The zero-order chi connectivity index (χ0) is 13.2. The summed E-state index contributed by atoms with van der Waals surface area (Å²) in [5.74, 6) is 0.190. The van der Waals surface area contributed by atoms with E-state index in [-0.39, 0.29) is 30.7 Å². The van der Waals surface area contributed by atoms with Gasteiger partial charge in [0.2, 0.25) is 5.91 Å². The maximum Gasteiger partial charge on any atom is 0.220 e. The lowest BCUT2D eigenvalue weighted by atomic mass is 10.0. The van der Waals surface area contributed by atoms with E-state index in [1.807, 2.05) is 7.05 Å². The van der Waals surface area contributed by atoms with Crippen molar-refractivity contribution in [2.75, 3.05) is 33.2 Å². The Labute approximate surface area is 136 Å². The van der Waals surface area contributed by atoms with Crippen molar-refractivity contribution in [3.8, 4) is 0 Å². The van der Waals surface area contributed by atoms with Crippen LogP contribution in [0.5, 0.6) is 0 Å². The molecule has 2 N–H and O–H groups in total. The number of hydrogen-bond donors (Lipinski definition) is 2. The Hall–Kier alpha value is -0.0300. The summed E-state index contributed by atoms with van der Waals surface area (Å²) in [4.78, 5) is 14.1. The summed E-state index contributed by atoms with van der Waals surface area (Å²) in [5, 5.41) is 6.08. The topological polar surface area (TPSA) is 44.4 Å². The van der Waals surface area contributed by atoms with Crippen LogP contribution >= 0.6 is 24.8 Å². The molecular formula is C14H31Cl2N3O. The zero-order valence-electron chi connectivity index (χ0n) is 12.8. The molecule has 1 heterocycles. The predicted octanol–water partition coefficient (Wildman–Crippen LogP) is 2.21. The standard InChI is InChI=1S/C14H29N3O.2ClH/c1-3-13-7-4-5-11-17(13)12-10-16-14(18)8-6-9-15-2;;/h13,15H,3-12H2,1-2H3,(H,16,18);2*1H. The van der Waals surface area contributed by atoms with Crippen LogP contribution < -0.4 is 10.6 Å². The average Bonchev–Trinajstić information content (AvgIpc) is 2.39. The van der Waals surface area contributed by atoms with Crippen LogP contribution in [0.4, 0.5) is 0 Å². The molecule has 6 heteroatoms. The van der Waals surface area contributed by atoms with Gasteiger partial charge >= 0.3 is 0 Å². The lowest BCUT2D eigenvalue weighted by molar-refractivity contribution is -0.121. The number of amides is 1. The second-order valence-electron chi connectivity index (χ2n) is 5.15. The number of nitrogens with zero attached hydrogens (tertiary/aromatic N) is 1. The van der Waals surface area contributed by atoms with Crippen LogP contribution in [-0.2, 0) is 4.79 Å². The molecule has 1 amide bonds. The molecule has 1 atom stereocenters. The first-order chi connectivity index (χ1) is 8.77. The maximum atomic E-state index is 11.6. The van der Waals surface area contributed by atoms with E-state index < -0.39 is 0 Å². The first-order valence-corrected chi connectivity index (χ1v) is 7.43. The summed E-state index contributed by atoms with van der Waals surface area (Å²) in [7, 11) is 1.92. The third-order valence-corrected chi connectivity index (χ3v) is 3.77. The van der Waals surface area contributed by atoms with Crippen molar-refractivity contribution in [3.63, 3.8) is 0 Å². The van der Waals surface area contributed by atoms with Crippen LogP contribution in [0.1, 0.15) is 45.4 Å². The molecule has 0 bridgehead atoms. The number of halogens is 2. The van der Waals surface area contributed by atoms with Crippen LogP contribution in [0.15, 0.2) is 0 Å². The van der Waals surface area contributed by atoms with E-state index in [0.717, 1.165) is 32.1 Å². The average molecular weight is 328 g/mol. The number of nitrogens with one attached hydrogen (secondary N) is 2. The van der Waals surface area contributed by atoms with Crippen molar-refractivity contribution in [1.29, 1.82) is 0 Å². The van der Waals surface area contributed by atoms with Crippen LogP contribution in [0.25, 0.3) is 0 Å². The Balaban J connectivity index is 0. The van der Waals surface area contributed by atoms with Crippen molar-refractivity contribution in [1.82, 2.24) is 15.5 Å². The minimum absolute atomic E-state index is 0. The molecule has 1 saturated heterocycles. The molecule has 1 unspecified atom stereocenters. The van der Waals surface area contributed by atoms with Crippen LogP contribution in [0.2, 0.25) is 0 Å². The molecule has 0 radical (unpaired) electrons. The third kappa shape index (κ3) is 9.01. The highest BCUT2D eigenvalue weighted by atomic mass is 35.5. The molecular weight excluding hydrogens is 297 g/mol. The lowest BCUT2D eigenvalue weighted by Crippen LogP contribution is -2.43. The summed E-state index contributed by atoms with van der Waals surface area (Å²) in [6, 6.07) is 0.736. The van der Waals surface area contributed by atoms with Crippen molar-refractivity contribution < 1.29 is 4.79 Å². The van der Waals surface area contributed by atoms with Crippen LogP contribution in [0.3, 0.4) is 0 Å². The SMILES string of the molecule is CCC1CCCCN1CCNC(=O)CCCNC.Cl.Cl. The molecule has 0 saturated carbocycles. The number of carbonyl (C=O) groups is 1. The fourth-order valence-corrected chi connectivity index (χ4v) is 2.67. The van der Waals surface area contributed by atoms with Crippen molar-refractivity contribution in [2.24, 2.45) is 0 Å². The monoisotopic (exact) mass is 327 g/mol. The summed E-state index contributed by atoms with van der Waals surface area (Å²) in [6.45, 7) is 6.19. The molecule has 122 valence electrons. The van der Waals surface area contributed by atoms with Gasteiger partial charge in [-0.1, -0.05) is 13.3 Å². The second-order valence-corrected chi connectivity index (χ2v) is 5.15. The van der Waals surface area contributed by atoms with Gasteiger partial charge in [0.15, 0.2) is 0 Å². The number of likely N-dealkylation sites (tertiary alicyclic amines) is 1. The van der Waals surface area contributed by atoms with E-state index in [1.165, 1.54) is 32.2 Å². The van der Waals surface area contributed by atoms with Crippen molar-refractivity contribution in [3.05, 3.63) is 0 Å². The number of piperidine rings is 1. The molecule has 0 aromatic carbocycles. The van der Waals surface area contributed by atoms with Gasteiger partial charge in [-0.3, -0.25) is 9.69 Å². The number of rotatable bonds is 8. The maximum absolute atomic E-state index is 11.6. The van der Waals surface area contributed by atoms with E-state index in [9.17, 15) is 4.79 Å². The molecule has 1 aliphatic heterocycles. The molecule has 0 aromatic rings. The summed E-state index contributed by atoms with van der Waals surface area (Å²) < 4.78 is 0. The molecule has 0 aliphatic carbocycles. The van der Waals surface area contributed by atoms with E-state index in [0.29, 0.717) is 6.42 Å². The van der Waals surface area contributed by atoms with E-state index in [4.69, 9.17) is 0 Å². The number of carbonyl (C=O) groups excluding carboxylic acids is 1. The Morgan fingerprint density at radius 3 is 2.65 bits per heavy atom. The number of hydrogen-bond acceptors (Lipinski definition) is 3. The smallest absolute Gasteiger partial charge is 0.220 e. The molecule has 0 aromatic heterocycles. The van der Waals surface area contributed by atoms with E-state index in [1.54, 1.807) is 0 Å². The molecule has 20 heavy (non-hydrogen) atoms. The highest BCUT2D eigenvalue weighted by Crippen LogP contribution is 2.18. The third-order valence-electron chi connectivity index (χ3n) is 3.77. The summed E-state index contributed by atoms with van der Waals surface area (Å²) >= 11 is 0. The van der Waals surface area contributed by atoms with Gasteiger partial charge in [-0.2, -0.15) is 0 Å². The molecule has 0 spiro atoms. The van der Waals surface area contributed by atoms with Crippen LogP contribution in [-0.4, -0.2) is 50.1 Å². The van der Waals surface area contributed by atoms with E-state index in [2.05, 4.69) is 22.5 Å². The Morgan fingerprint density at radius 1 is 1.25 bits per heavy atom. The highest BCUT2D eigenvalue weighted by molar-refractivity contribution is 5.85. The van der Waals surface area contributed by atoms with Crippen molar-refractivity contribution >= 4 is 30.7 Å². The van der Waals surface area contributed by atoms with Gasteiger partial charge < -0.3 is 10.6 Å². The van der Waals surface area contributed by atoms with Gasteiger partial charge in [0, 0.05) is 25.6 Å². The second kappa shape index (κ2) is 13.9. The summed E-state index contributed by atoms with van der Waals surface area (Å²) in [6.07, 6.45) is 6.79. The Kier molecular flexibility index (Phi) is 15.5. The minimum atomic E-state index is 0. The molecule has 1 fully saturated rings. The quantitative estimate of drug-likeness (QED) is 0.672. The normalized spacial score (nSPS) is 18.8. The van der Waals surface area contributed by atoms with Crippen LogP contribution in [0, 0.1) is 0 Å². The first kappa shape index (κ1) is 22.3. The zero-order valence-corrected chi connectivity index (χ0v) is 14.5. The minimum Gasteiger partial charge on any atom is -0.355 e. The van der Waals surface area contributed by atoms with Gasteiger partial charge in [0.25, 0.3) is 0 Å².